The third kappa shape index (κ3) is 58.7. The van der Waals surface area contributed by atoms with Crippen molar-refractivity contribution in [2.24, 2.45) is 0 Å². The van der Waals surface area contributed by atoms with Crippen LogP contribution in [0, 0.1) is 0 Å². The topological polar surface area (TPSA) is 78.9 Å². The molecular formula is C68H112O6. The van der Waals surface area contributed by atoms with Crippen LogP contribution in [0.4, 0.5) is 0 Å². The predicted molar refractivity (Wildman–Crippen MR) is 320 cm³/mol. The number of carbonyl (C=O) groups excluding carboxylic acids is 3. The molecule has 0 saturated carbocycles. The minimum Gasteiger partial charge on any atom is -0.462 e. The largest absolute Gasteiger partial charge is 0.462 e. The SMILES string of the molecule is CC/C=C\C/C=C\C/C=C\C/C=C\C/C=C\C/C=C\C/C=C\C/C=C\C/C=C\CCCCCCCCCC(=O)OCC(COC(=O)CCCCCCC)OC(=O)CCCCCCC/C=C\CCCCCCCCC. The normalized spacial score (nSPS) is 13.0. The molecule has 0 fully saturated rings. The number of hydrogen-bond donors (Lipinski definition) is 0. The van der Waals surface area contributed by atoms with Crippen LogP contribution in [-0.4, -0.2) is 37.2 Å². The van der Waals surface area contributed by atoms with Crippen molar-refractivity contribution in [3.63, 3.8) is 0 Å². The smallest absolute Gasteiger partial charge is 0.306 e. The second-order valence-corrected chi connectivity index (χ2v) is 19.9. The highest BCUT2D eigenvalue weighted by Gasteiger charge is 2.19. The number of ether oxygens (including phenoxy) is 3. The van der Waals surface area contributed by atoms with Crippen LogP contribution in [0.2, 0.25) is 0 Å². The van der Waals surface area contributed by atoms with Gasteiger partial charge in [0, 0.05) is 19.3 Å². The first-order chi connectivity index (χ1) is 36.5. The molecule has 0 saturated heterocycles. The van der Waals surface area contributed by atoms with Crippen LogP contribution in [0.25, 0.3) is 0 Å². The van der Waals surface area contributed by atoms with E-state index in [1.807, 2.05) is 0 Å². The van der Waals surface area contributed by atoms with Gasteiger partial charge in [0.15, 0.2) is 6.10 Å². The van der Waals surface area contributed by atoms with E-state index in [1.54, 1.807) is 0 Å². The molecule has 0 radical (unpaired) electrons. The van der Waals surface area contributed by atoms with Gasteiger partial charge in [0.1, 0.15) is 13.2 Å². The standard InChI is InChI=1S/C68H112O6/c1-4-7-10-13-15-17-19-21-23-25-26-27-28-29-30-31-32-33-34-35-36-37-38-39-40-41-42-43-45-46-48-50-52-55-58-61-67(70)73-64-65(63-72-66(69)60-57-54-12-9-6-3)74-68(71)62-59-56-53-51-49-47-44-24-22-20-18-16-14-11-8-5-2/h7,10,15,17,21,23-24,26-27,29-30,32-33,35-36,38-39,41-42,44,65H,4-6,8-9,11-14,16,18-20,22,25,28,31,34,37,40,43,45-64H2,1-3H3/b10-7-,17-15-,23-21-,27-26-,30-29-,33-32-,36-35-,39-38-,42-41-,44-24-. The van der Waals surface area contributed by atoms with Crippen LogP contribution in [0.5, 0.6) is 0 Å². The van der Waals surface area contributed by atoms with Crippen LogP contribution in [0.3, 0.4) is 0 Å². The number of esters is 3. The molecule has 0 aromatic heterocycles. The fourth-order valence-corrected chi connectivity index (χ4v) is 8.13. The van der Waals surface area contributed by atoms with E-state index in [2.05, 4.69) is 142 Å². The third-order valence-electron chi connectivity index (χ3n) is 12.7. The minimum absolute atomic E-state index is 0.0861. The molecule has 0 aliphatic heterocycles. The molecule has 0 aromatic carbocycles. The Hall–Kier alpha value is -4.19. The van der Waals surface area contributed by atoms with Gasteiger partial charge >= 0.3 is 17.9 Å². The average Bonchev–Trinajstić information content (AvgIpc) is 3.40. The average molecular weight is 1030 g/mol. The molecule has 0 heterocycles. The summed E-state index contributed by atoms with van der Waals surface area (Å²) in [6.07, 6.45) is 85.3. The highest BCUT2D eigenvalue weighted by Crippen LogP contribution is 2.14. The first kappa shape index (κ1) is 69.8. The molecule has 0 amide bonds. The first-order valence-corrected chi connectivity index (χ1v) is 30.5. The van der Waals surface area contributed by atoms with E-state index in [9.17, 15) is 14.4 Å². The molecule has 1 atom stereocenters. The molecular weight excluding hydrogens is 913 g/mol. The van der Waals surface area contributed by atoms with E-state index < -0.39 is 6.10 Å². The number of hydrogen-bond acceptors (Lipinski definition) is 6. The van der Waals surface area contributed by atoms with Crippen molar-refractivity contribution < 1.29 is 28.6 Å². The molecule has 1 unspecified atom stereocenters. The Morgan fingerprint density at radius 3 is 0.838 bits per heavy atom. The molecule has 0 aliphatic carbocycles. The van der Waals surface area contributed by atoms with Crippen molar-refractivity contribution in [3.05, 3.63) is 122 Å². The number of allylic oxidation sites excluding steroid dienone is 20. The zero-order valence-corrected chi connectivity index (χ0v) is 48.1. The van der Waals surface area contributed by atoms with Gasteiger partial charge in [-0.3, -0.25) is 14.4 Å². The summed E-state index contributed by atoms with van der Waals surface area (Å²) in [5, 5.41) is 0. The van der Waals surface area contributed by atoms with Crippen molar-refractivity contribution in [2.45, 2.75) is 277 Å². The van der Waals surface area contributed by atoms with Crippen LogP contribution in [0.15, 0.2) is 122 Å². The van der Waals surface area contributed by atoms with E-state index in [0.29, 0.717) is 19.3 Å². The monoisotopic (exact) mass is 1020 g/mol. The van der Waals surface area contributed by atoms with Gasteiger partial charge < -0.3 is 14.2 Å². The molecule has 0 aliphatic rings. The van der Waals surface area contributed by atoms with Gasteiger partial charge in [-0.1, -0.05) is 258 Å². The Morgan fingerprint density at radius 2 is 0.527 bits per heavy atom. The van der Waals surface area contributed by atoms with Gasteiger partial charge in [0.25, 0.3) is 0 Å². The summed E-state index contributed by atoms with van der Waals surface area (Å²) in [7, 11) is 0. The van der Waals surface area contributed by atoms with E-state index in [1.165, 1.54) is 89.9 Å². The van der Waals surface area contributed by atoms with Crippen molar-refractivity contribution in [2.75, 3.05) is 13.2 Å². The van der Waals surface area contributed by atoms with Gasteiger partial charge in [0.05, 0.1) is 0 Å². The van der Waals surface area contributed by atoms with E-state index in [4.69, 9.17) is 14.2 Å². The van der Waals surface area contributed by atoms with Crippen molar-refractivity contribution in [1.82, 2.24) is 0 Å². The van der Waals surface area contributed by atoms with Crippen molar-refractivity contribution >= 4 is 17.9 Å². The zero-order valence-electron chi connectivity index (χ0n) is 48.1. The van der Waals surface area contributed by atoms with Gasteiger partial charge in [-0.2, -0.15) is 0 Å². The Morgan fingerprint density at radius 1 is 0.284 bits per heavy atom. The second-order valence-electron chi connectivity index (χ2n) is 19.9. The summed E-state index contributed by atoms with van der Waals surface area (Å²) in [4.78, 5) is 37.8. The molecule has 0 spiro atoms. The van der Waals surface area contributed by atoms with Crippen molar-refractivity contribution in [3.8, 4) is 0 Å². The molecule has 0 bridgehead atoms. The van der Waals surface area contributed by atoms with Gasteiger partial charge in [-0.05, 0) is 116 Å². The fraction of sp³-hybridized carbons (Fsp3) is 0.662. The van der Waals surface area contributed by atoms with E-state index >= 15 is 0 Å². The lowest BCUT2D eigenvalue weighted by Gasteiger charge is -2.18. The summed E-state index contributed by atoms with van der Waals surface area (Å²) >= 11 is 0. The maximum absolute atomic E-state index is 12.8. The molecule has 0 rings (SSSR count). The van der Waals surface area contributed by atoms with Crippen LogP contribution in [0.1, 0.15) is 271 Å². The third-order valence-corrected chi connectivity index (χ3v) is 12.7. The highest BCUT2D eigenvalue weighted by molar-refractivity contribution is 5.71. The quantitative estimate of drug-likeness (QED) is 0.0261. The minimum atomic E-state index is -0.785. The Balaban J connectivity index is 4.08. The first-order valence-electron chi connectivity index (χ1n) is 30.5. The summed E-state index contributed by atoms with van der Waals surface area (Å²) in [6, 6.07) is 0. The lowest BCUT2D eigenvalue weighted by Crippen LogP contribution is -2.30. The number of unbranched alkanes of at least 4 members (excludes halogenated alkanes) is 23. The second kappa shape index (κ2) is 61.4. The Labute approximate surface area is 456 Å². The van der Waals surface area contributed by atoms with Gasteiger partial charge in [-0.25, -0.2) is 0 Å². The van der Waals surface area contributed by atoms with Crippen LogP contribution >= 0.6 is 0 Å². The molecule has 0 aromatic rings. The van der Waals surface area contributed by atoms with Crippen LogP contribution in [-0.2, 0) is 28.6 Å². The number of rotatable bonds is 54. The Bertz CT molecular complexity index is 1550. The molecule has 6 nitrogen and oxygen atoms in total. The van der Waals surface area contributed by atoms with Gasteiger partial charge in [0.2, 0.25) is 0 Å². The Kier molecular flexibility index (Phi) is 57.9. The molecule has 74 heavy (non-hydrogen) atoms. The molecule has 420 valence electrons. The highest BCUT2D eigenvalue weighted by atomic mass is 16.6. The van der Waals surface area contributed by atoms with Gasteiger partial charge in [-0.15, -0.1) is 0 Å². The lowest BCUT2D eigenvalue weighted by atomic mass is 10.1. The van der Waals surface area contributed by atoms with Crippen molar-refractivity contribution in [1.29, 1.82) is 0 Å². The summed E-state index contributed by atoms with van der Waals surface area (Å²) in [5.74, 6) is -0.920. The van der Waals surface area contributed by atoms with Crippen LogP contribution < -0.4 is 0 Å². The maximum atomic E-state index is 12.8. The summed E-state index contributed by atoms with van der Waals surface area (Å²) in [6.45, 7) is 6.42. The fourth-order valence-electron chi connectivity index (χ4n) is 8.13. The number of carbonyl (C=O) groups is 3. The molecule has 0 N–H and O–H groups in total. The van der Waals surface area contributed by atoms with E-state index in [0.717, 1.165) is 141 Å². The van der Waals surface area contributed by atoms with E-state index in [-0.39, 0.29) is 31.1 Å². The predicted octanol–water partition coefficient (Wildman–Crippen LogP) is 20.8. The zero-order chi connectivity index (χ0) is 53.6. The summed E-state index contributed by atoms with van der Waals surface area (Å²) < 4.78 is 16.7. The summed E-state index contributed by atoms with van der Waals surface area (Å²) in [5.41, 5.74) is 0. The molecule has 6 heteroatoms. The maximum Gasteiger partial charge on any atom is 0.306 e. The lowest BCUT2D eigenvalue weighted by molar-refractivity contribution is -0.167.